The Morgan fingerprint density at radius 3 is 1.55 bits per heavy atom. The van der Waals surface area contributed by atoms with Crippen LogP contribution in [0, 0.1) is 0 Å². The van der Waals surface area contributed by atoms with Crippen LogP contribution in [-0.2, 0) is 21.4 Å². The number of benzene rings is 4. The number of aliphatic hydroxyl groups is 2. The van der Waals surface area contributed by atoms with Crippen molar-refractivity contribution in [2.75, 3.05) is 13.2 Å². The summed E-state index contributed by atoms with van der Waals surface area (Å²) in [5.41, 5.74) is 7.05. The number of ether oxygens (including phenoxy) is 2. The van der Waals surface area contributed by atoms with Crippen LogP contribution in [0.15, 0.2) is 121 Å². The summed E-state index contributed by atoms with van der Waals surface area (Å²) in [6, 6.07) is 33.1. The Hall–Kier alpha value is -4.78. The minimum absolute atomic E-state index is 0.00836. The maximum atomic E-state index is 12.2. The highest BCUT2D eigenvalue weighted by Gasteiger charge is 2.39. The molecule has 6 heteroatoms. The van der Waals surface area contributed by atoms with Crippen LogP contribution in [-0.4, -0.2) is 35.4 Å². The highest BCUT2D eigenvalue weighted by atomic mass is 16.5. The van der Waals surface area contributed by atoms with Gasteiger partial charge in [0.05, 0.1) is 24.4 Å². The number of aryl methyl sites for hydroxylation is 1. The Morgan fingerprint density at radius 2 is 1.12 bits per heavy atom. The molecule has 1 aliphatic carbocycles. The predicted molar refractivity (Wildman–Crippen MR) is 194 cm³/mol. The average molecular weight is 659 g/mol. The lowest BCUT2D eigenvalue weighted by Gasteiger charge is -2.41. The second-order valence-corrected chi connectivity index (χ2v) is 13.0. The molecule has 0 unspecified atom stereocenters. The molecule has 6 nitrogen and oxygen atoms in total. The third-order valence-corrected chi connectivity index (χ3v) is 9.77. The largest absolute Gasteiger partial charge is 0.423 e. The fraction of sp³-hybridized carbons (Fsp3) is 0.302. The first-order valence-electron chi connectivity index (χ1n) is 17.2. The summed E-state index contributed by atoms with van der Waals surface area (Å²) in [6.45, 7) is 8.40. The quantitative estimate of drug-likeness (QED) is 0.0610. The van der Waals surface area contributed by atoms with Gasteiger partial charge in [0.2, 0.25) is 0 Å². The summed E-state index contributed by atoms with van der Waals surface area (Å²) in [6.07, 6.45) is 8.60. The number of carbonyl (C=O) groups is 2. The van der Waals surface area contributed by atoms with Crippen LogP contribution >= 0.6 is 0 Å². The van der Waals surface area contributed by atoms with E-state index < -0.39 is 25.2 Å². The molecule has 2 N–H and O–H groups in total. The van der Waals surface area contributed by atoms with Crippen molar-refractivity contribution in [3.63, 3.8) is 0 Å². The molecule has 0 saturated heterocycles. The van der Waals surface area contributed by atoms with Crippen LogP contribution in [0.3, 0.4) is 0 Å². The van der Waals surface area contributed by atoms with Crippen molar-refractivity contribution in [1.29, 1.82) is 0 Å². The first-order valence-corrected chi connectivity index (χ1v) is 17.2. The normalized spacial score (nSPS) is 14.2. The van der Waals surface area contributed by atoms with Gasteiger partial charge in [-0.3, -0.25) is 0 Å². The van der Waals surface area contributed by atoms with Gasteiger partial charge in [-0.25, -0.2) is 9.59 Å². The van der Waals surface area contributed by atoms with Gasteiger partial charge in [0, 0.05) is 5.41 Å². The van der Waals surface area contributed by atoms with Crippen LogP contribution < -0.4 is 9.47 Å². The molecule has 4 aromatic rings. The van der Waals surface area contributed by atoms with Gasteiger partial charge in [0.15, 0.2) is 0 Å². The van der Waals surface area contributed by atoms with Crippen molar-refractivity contribution in [3.05, 3.63) is 144 Å². The van der Waals surface area contributed by atoms with Gasteiger partial charge in [0.1, 0.15) is 11.5 Å². The molecule has 4 aromatic carbocycles. The number of aliphatic hydroxyl groups excluding tert-OH is 2. The molecule has 1 fully saturated rings. The SMILES string of the molecule is C=C(CO)C(=O)Oc1ccc(C2(c3ccc(OC(=O)C(=C)CO)cc3)CCC(c3ccc(-c4ccc(CCCCC)cc4)cc3)CC2)cc1. The van der Waals surface area contributed by atoms with E-state index in [2.05, 4.69) is 68.6 Å². The highest BCUT2D eigenvalue weighted by Crippen LogP contribution is 2.49. The van der Waals surface area contributed by atoms with Crippen LogP contribution in [0.1, 0.15) is 80.0 Å². The molecule has 0 atom stereocenters. The molecular formula is C43H46O6. The third kappa shape index (κ3) is 8.63. The molecule has 0 heterocycles. The summed E-state index contributed by atoms with van der Waals surface area (Å²) in [5.74, 6) is -0.151. The topological polar surface area (TPSA) is 93.1 Å². The van der Waals surface area contributed by atoms with E-state index in [0.29, 0.717) is 17.4 Å². The zero-order chi connectivity index (χ0) is 34.8. The van der Waals surface area contributed by atoms with Crippen LogP contribution in [0.25, 0.3) is 11.1 Å². The molecule has 0 radical (unpaired) electrons. The number of carbonyl (C=O) groups excluding carboxylic acids is 2. The fourth-order valence-corrected chi connectivity index (χ4v) is 6.75. The standard InChI is InChI=1S/C43H46O6/c1-4-5-6-7-32-8-10-33(11-9-32)34-12-14-35(15-13-34)36-24-26-43(27-25-36,37-16-20-39(21-17-37)48-41(46)30(2)28-44)38-18-22-40(23-19-38)49-42(47)31(3)29-45/h8-23,36,44-45H,2-7,24-29H2,1H3. The molecule has 0 aromatic heterocycles. The monoisotopic (exact) mass is 658 g/mol. The molecule has 0 aliphatic heterocycles. The van der Waals surface area contributed by atoms with E-state index in [1.807, 2.05) is 24.3 Å². The van der Waals surface area contributed by atoms with Crippen molar-refractivity contribution >= 4 is 11.9 Å². The molecule has 1 saturated carbocycles. The lowest BCUT2D eigenvalue weighted by Crippen LogP contribution is -2.32. The molecule has 5 rings (SSSR count). The summed E-state index contributed by atoms with van der Waals surface area (Å²) in [5, 5.41) is 18.5. The molecule has 1 aliphatic rings. The summed E-state index contributed by atoms with van der Waals surface area (Å²) in [4.78, 5) is 24.4. The van der Waals surface area contributed by atoms with Crippen LogP contribution in [0.4, 0.5) is 0 Å². The van der Waals surface area contributed by atoms with E-state index in [1.165, 1.54) is 41.5 Å². The Balaban J connectivity index is 1.34. The van der Waals surface area contributed by atoms with E-state index in [1.54, 1.807) is 24.3 Å². The Labute approximate surface area is 289 Å². The van der Waals surface area contributed by atoms with Gasteiger partial charge in [-0.15, -0.1) is 0 Å². The van der Waals surface area contributed by atoms with Crippen molar-refractivity contribution in [2.45, 2.75) is 69.6 Å². The summed E-state index contributed by atoms with van der Waals surface area (Å²) < 4.78 is 10.8. The van der Waals surface area contributed by atoms with Crippen molar-refractivity contribution in [3.8, 4) is 22.6 Å². The fourth-order valence-electron chi connectivity index (χ4n) is 6.75. The van der Waals surface area contributed by atoms with Gasteiger partial charge in [-0.2, -0.15) is 0 Å². The highest BCUT2D eigenvalue weighted by molar-refractivity contribution is 5.90. The van der Waals surface area contributed by atoms with Gasteiger partial charge >= 0.3 is 11.9 Å². The first-order chi connectivity index (χ1) is 23.8. The van der Waals surface area contributed by atoms with Crippen molar-refractivity contribution < 1.29 is 29.3 Å². The molecular weight excluding hydrogens is 612 g/mol. The van der Waals surface area contributed by atoms with Gasteiger partial charge in [-0.05, 0) is 102 Å². The average Bonchev–Trinajstić information content (AvgIpc) is 3.15. The van der Waals surface area contributed by atoms with E-state index in [-0.39, 0.29) is 16.6 Å². The zero-order valence-corrected chi connectivity index (χ0v) is 28.3. The Kier molecular flexibility index (Phi) is 12.0. The van der Waals surface area contributed by atoms with Gasteiger partial charge in [0.25, 0.3) is 0 Å². The molecule has 0 spiro atoms. The second kappa shape index (κ2) is 16.6. The van der Waals surface area contributed by atoms with E-state index in [9.17, 15) is 19.8 Å². The molecule has 0 bridgehead atoms. The number of esters is 2. The number of hydrogen-bond acceptors (Lipinski definition) is 6. The third-order valence-electron chi connectivity index (χ3n) is 9.77. The first kappa shape index (κ1) is 35.5. The number of hydrogen-bond donors (Lipinski definition) is 2. The second-order valence-electron chi connectivity index (χ2n) is 13.0. The minimum atomic E-state index is -0.662. The van der Waals surface area contributed by atoms with Crippen LogP contribution in [0.2, 0.25) is 0 Å². The molecule has 254 valence electrons. The number of rotatable bonds is 14. The van der Waals surface area contributed by atoms with E-state index in [4.69, 9.17) is 9.47 Å². The predicted octanol–water partition coefficient (Wildman–Crippen LogP) is 8.64. The minimum Gasteiger partial charge on any atom is -0.423 e. The van der Waals surface area contributed by atoms with Crippen LogP contribution in [0.5, 0.6) is 11.5 Å². The van der Waals surface area contributed by atoms with Crippen molar-refractivity contribution in [2.24, 2.45) is 0 Å². The lowest BCUT2D eigenvalue weighted by atomic mass is 9.62. The Morgan fingerprint density at radius 1 is 0.673 bits per heavy atom. The van der Waals surface area contributed by atoms with E-state index in [0.717, 1.165) is 43.2 Å². The van der Waals surface area contributed by atoms with Crippen molar-refractivity contribution in [1.82, 2.24) is 0 Å². The molecule has 49 heavy (non-hydrogen) atoms. The maximum absolute atomic E-state index is 12.2. The summed E-state index contributed by atoms with van der Waals surface area (Å²) in [7, 11) is 0. The van der Waals surface area contributed by atoms with Gasteiger partial charge in [-0.1, -0.05) is 106 Å². The zero-order valence-electron chi connectivity index (χ0n) is 28.3. The van der Waals surface area contributed by atoms with Gasteiger partial charge < -0.3 is 19.7 Å². The Bertz CT molecular complexity index is 1650. The number of unbranched alkanes of at least 4 members (excludes halogenated alkanes) is 2. The summed E-state index contributed by atoms with van der Waals surface area (Å²) >= 11 is 0. The van der Waals surface area contributed by atoms with E-state index >= 15 is 0 Å². The molecule has 0 amide bonds. The maximum Gasteiger partial charge on any atom is 0.341 e. The lowest BCUT2D eigenvalue weighted by molar-refractivity contribution is -0.131. The smallest absolute Gasteiger partial charge is 0.341 e.